The van der Waals surface area contributed by atoms with Gasteiger partial charge in [0.2, 0.25) is 0 Å². The Labute approximate surface area is 178 Å². The fraction of sp³-hybridized carbons (Fsp3) is 0.476. The van der Waals surface area contributed by atoms with Crippen molar-refractivity contribution in [2.24, 2.45) is 0 Å². The highest BCUT2D eigenvalue weighted by atomic mass is 19.4. The van der Waals surface area contributed by atoms with Crippen LogP contribution < -0.4 is 0 Å². The first-order valence-corrected chi connectivity index (χ1v) is 9.86. The number of methoxy groups -OCH3 is 1. The van der Waals surface area contributed by atoms with E-state index in [-0.39, 0.29) is 24.7 Å². The summed E-state index contributed by atoms with van der Waals surface area (Å²) in [4.78, 5) is 28.6. The van der Waals surface area contributed by atoms with Gasteiger partial charge in [-0.25, -0.2) is 0 Å². The highest BCUT2D eigenvalue weighted by molar-refractivity contribution is 5.94. The molecule has 0 radical (unpaired) electrons. The molecule has 3 rings (SSSR count). The van der Waals surface area contributed by atoms with Crippen LogP contribution in [-0.4, -0.2) is 65.3 Å². The molecule has 2 heterocycles. The summed E-state index contributed by atoms with van der Waals surface area (Å²) in [6.07, 6.45) is -5.88. The summed E-state index contributed by atoms with van der Waals surface area (Å²) in [5.41, 5.74) is 1.83. The van der Waals surface area contributed by atoms with Crippen molar-refractivity contribution in [2.75, 3.05) is 27.7 Å². The minimum Gasteiger partial charge on any atom is -0.367 e. The van der Waals surface area contributed by atoms with E-state index in [0.29, 0.717) is 29.8 Å². The monoisotopic (exact) mass is 438 g/mol. The number of fused-ring (bicyclic) bond motifs is 1. The Morgan fingerprint density at radius 1 is 1.23 bits per heavy atom. The smallest absolute Gasteiger partial charge is 0.367 e. The van der Waals surface area contributed by atoms with E-state index in [4.69, 9.17) is 4.74 Å². The quantitative estimate of drug-likeness (QED) is 0.696. The van der Waals surface area contributed by atoms with Gasteiger partial charge in [0.15, 0.2) is 11.8 Å². The Kier molecular flexibility index (Phi) is 6.68. The number of amides is 2. The van der Waals surface area contributed by atoms with E-state index in [2.05, 4.69) is 5.10 Å². The zero-order chi connectivity index (χ0) is 22.8. The molecule has 1 unspecified atom stereocenters. The van der Waals surface area contributed by atoms with E-state index < -0.39 is 24.6 Å². The number of hydrogen-bond donors (Lipinski definition) is 0. The van der Waals surface area contributed by atoms with Crippen LogP contribution in [0.25, 0.3) is 0 Å². The normalized spacial score (nSPS) is 14.8. The summed E-state index contributed by atoms with van der Waals surface area (Å²) in [6.45, 7) is 0.0127. The number of ether oxygens (including phenoxy) is 1. The van der Waals surface area contributed by atoms with E-state index >= 15 is 0 Å². The molecule has 0 N–H and O–H groups in total. The molecule has 1 aromatic heterocycles. The standard InChI is InChI=1S/C21H25F3N4O3/c1-26(2)19(29)17-15-13-27(20(30)18(31-3)14-7-5-4-6-8-14)11-9-16(15)28(25-17)12-10-21(22,23)24/h4-8,18H,9-13H2,1-3H3. The van der Waals surface area contributed by atoms with Gasteiger partial charge in [-0.15, -0.1) is 0 Å². The van der Waals surface area contributed by atoms with Gasteiger partial charge >= 0.3 is 6.18 Å². The fourth-order valence-corrected chi connectivity index (χ4v) is 3.65. The van der Waals surface area contributed by atoms with Gasteiger partial charge in [0.25, 0.3) is 11.8 Å². The van der Waals surface area contributed by atoms with E-state index in [0.717, 1.165) is 0 Å². The number of carbonyl (C=O) groups is 2. The molecular formula is C21H25F3N4O3. The van der Waals surface area contributed by atoms with E-state index in [1.165, 1.54) is 16.7 Å². The average Bonchev–Trinajstić information content (AvgIpc) is 3.10. The van der Waals surface area contributed by atoms with Crippen molar-refractivity contribution < 1.29 is 27.5 Å². The van der Waals surface area contributed by atoms with Crippen LogP contribution in [0, 0.1) is 0 Å². The first kappa shape index (κ1) is 22.8. The molecule has 1 aliphatic rings. The lowest BCUT2D eigenvalue weighted by Gasteiger charge is -2.31. The summed E-state index contributed by atoms with van der Waals surface area (Å²) < 4.78 is 44.9. The lowest BCUT2D eigenvalue weighted by Crippen LogP contribution is -2.40. The molecule has 0 bridgehead atoms. The molecule has 31 heavy (non-hydrogen) atoms. The van der Waals surface area contributed by atoms with Crippen molar-refractivity contribution in [1.82, 2.24) is 19.6 Å². The molecule has 0 fully saturated rings. The van der Waals surface area contributed by atoms with Gasteiger partial charge in [0, 0.05) is 58.5 Å². The summed E-state index contributed by atoms with van der Waals surface area (Å²) in [6, 6.07) is 9.03. The number of carbonyl (C=O) groups excluding carboxylic acids is 2. The lowest BCUT2D eigenvalue weighted by atomic mass is 10.0. The SMILES string of the molecule is COC(C(=O)N1CCc2c(c(C(=O)N(C)C)nn2CCC(F)(F)F)C1)c1ccccc1. The maximum absolute atomic E-state index is 13.1. The molecule has 0 aliphatic carbocycles. The first-order chi connectivity index (χ1) is 14.6. The highest BCUT2D eigenvalue weighted by Gasteiger charge is 2.35. The van der Waals surface area contributed by atoms with Gasteiger partial charge in [0.1, 0.15) is 0 Å². The second kappa shape index (κ2) is 9.09. The predicted octanol–water partition coefficient (Wildman–Crippen LogP) is 2.81. The number of aromatic nitrogens is 2. The van der Waals surface area contributed by atoms with Crippen LogP contribution in [0.5, 0.6) is 0 Å². The van der Waals surface area contributed by atoms with E-state index in [1.807, 2.05) is 18.2 Å². The van der Waals surface area contributed by atoms with Crippen LogP contribution in [-0.2, 0) is 29.0 Å². The number of halogens is 3. The molecule has 10 heteroatoms. The topological polar surface area (TPSA) is 67.7 Å². The van der Waals surface area contributed by atoms with Gasteiger partial charge in [-0.1, -0.05) is 30.3 Å². The Morgan fingerprint density at radius 2 is 1.90 bits per heavy atom. The summed E-state index contributed by atoms with van der Waals surface area (Å²) in [5, 5.41) is 4.19. The number of alkyl halides is 3. The maximum atomic E-state index is 13.1. The molecule has 0 saturated carbocycles. The average molecular weight is 438 g/mol. The van der Waals surface area contributed by atoms with Gasteiger partial charge in [0.05, 0.1) is 6.42 Å². The van der Waals surface area contributed by atoms with Crippen LogP contribution in [0.2, 0.25) is 0 Å². The van der Waals surface area contributed by atoms with Crippen LogP contribution >= 0.6 is 0 Å². The molecule has 1 aliphatic heterocycles. The van der Waals surface area contributed by atoms with Crippen LogP contribution in [0.3, 0.4) is 0 Å². The van der Waals surface area contributed by atoms with Crippen LogP contribution in [0.4, 0.5) is 13.2 Å². The molecule has 7 nitrogen and oxygen atoms in total. The van der Waals surface area contributed by atoms with E-state index in [1.54, 1.807) is 31.1 Å². The zero-order valence-corrected chi connectivity index (χ0v) is 17.6. The third kappa shape index (κ3) is 5.07. The molecule has 2 amide bonds. The molecule has 0 spiro atoms. The molecule has 2 aromatic rings. The van der Waals surface area contributed by atoms with Crippen molar-refractivity contribution in [3.63, 3.8) is 0 Å². The predicted molar refractivity (Wildman–Crippen MR) is 106 cm³/mol. The van der Waals surface area contributed by atoms with Crippen molar-refractivity contribution in [3.05, 3.63) is 52.8 Å². The van der Waals surface area contributed by atoms with Crippen LogP contribution in [0.1, 0.15) is 39.8 Å². The Hall–Kier alpha value is -2.88. The molecule has 1 aromatic carbocycles. The zero-order valence-electron chi connectivity index (χ0n) is 17.6. The van der Waals surface area contributed by atoms with Gasteiger partial charge < -0.3 is 14.5 Å². The number of benzene rings is 1. The summed E-state index contributed by atoms with van der Waals surface area (Å²) in [5.74, 6) is -0.687. The third-order valence-electron chi connectivity index (χ3n) is 5.22. The number of hydrogen-bond acceptors (Lipinski definition) is 4. The Balaban J connectivity index is 1.90. The van der Waals surface area contributed by atoms with Crippen molar-refractivity contribution in [3.8, 4) is 0 Å². The largest absolute Gasteiger partial charge is 0.390 e. The van der Waals surface area contributed by atoms with Crippen molar-refractivity contribution in [1.29, 1.82) is 0 Å². The Morgan fingerprint density at radius 3 is 2.48 bits per heavy atom. The number of nitrogens with zero attached hydrogens (tertiary/aromatic N) is 4. The maximum Gasteiger partial charge on any atom is 0.390 e. The molecular weight excluding hydrogens is 413 g/mol. The second-order valence-electron chi connectivity index (χ2n) is 7.60. The van der Waals surface area contributed by atoms with Crippen LogP contribution in [0.15, 0.2) is 30.3 Å². The third-order valence-corrected chi connectivity index (χ3v) is 5.22. The molecule has 0 saturated heterocycles. The second-order valence-corrected chi connectivity index (χ2v) is 7.60. The number of aryl methyl sites for hydroxylation is 1. The summed E-state index contributed by atoms with van der Waals surface area (Å²) in [7, 11) is 4.54. The first-order valence-electron chi connectivity index (χ1n) is 9.86. The number of rotatable bonds is 6. The minimum atomic E-state index is -4.33. The van der Waals surface area contributed by atoms with Gasteiger partial charge in [-0.05, 0) is 5.56 Å². The molecule has 1 atom stereocenters. The minimum absolute atomic E-state index is 0.0772. The van der Waals surface area contributed by atoms with Crippen molar-refractivity contribution in [2.45, 2.75) is 38.2 Å². The van der Waals surface area contributed by atoms with Gasteiger partial charge in [-0.2, -0.15) is 18.3 Å². The highest BCUT2D eigenvalue weighted by Crippen LogP contribution is 2.29. The summed E-state index contributed by atoms with van der Waals surface area (Å²) >= 11 is 0. The fourth-order valence-electron chi connectivity index (χ4n) is 3.65. The van der Waals surface area contributed by atoms with E-state index in [9.17, 15) is 22.8 Å². The Bertz CT molecular complexity index is 941. The molecule has 168 valence electrons. The lowest BCUT2D eigenvalue weighted by molar-refractivity contribution is -0.143. The van der Waals surface area contributed by atoms with Crippen molar-refractivity contribution >= 4 is 11.8 Å². The van der Waals surface area contributed by atoms with Gasteiger partial charge in [-0.3, -0.25) is 14.3 Å².